The highest BCUT2D eigenvalue weighted by atomic mass is 19.4. The van der Waals surface area contributed by atoms with Gasteiger partial charge in [0.2, 0.25) is 0 Å². The first-order valence-electron chi connectivity index (χ1n) is 10.7. The first-order chi connectivity index (χ1) is 17.1. The fourth-order valence-electron chi connectivity index (χ4n) is 3.37. The molecule has 0 aliphatic rings. The predicted molar refractivity (Wildman–Crippen MR) is 125 cm³/mol. The monoisotopic (exact) mass is 492 g/mol. The third-order valence-electron chi connectivity index (χ3n) is 5.21. The normalized spacial score (nSPS) is 11.0. The number of benzene rings is 2. The number of ether oxygens (including phenoxy) is 1. The van der Waals surface area contributed by atoms with Gasteiger partial charge in [-0.05, 0) is 54.8 Å². The molecule has 182 valence electrons. The van der Waals surface area contributed by atoms with Crippen LogP contribution < -0.4 is 5.32 Å². The van der Waals surface area contributed by atoms with Crippen LogP contribution in [0.25, 0.3) is 5.65 Å². The van der Waals surface area contributed by atoms with E-state index >= 15 is 0 Å². The number of nitrogens with zero attached hydrogens (tertiary/aromatic N) is 3. The van der Waals surface area contributed by atoms with Crippen molar-refractivity contribution in [3.05, 3.63) is 94.4 Å². The quantitative estimate of drug-likeness (QED) is 0.328. The second-order valence-electron chi connectivity index (χ2n) is 7.82. The first kappa shape index (κ1) is 24.5. The van der Waals surface area contributed by atoms with Crippen molar-refractivity contribution in [2.45, 2.75) is 26.6 Å². The molecular formula is C26H19F3N4O3. The van der Waals surface area contributed by atoms with Crippen molar-refractivity contribution in [2.75, 3.05) is 5.32 Å². The Morgan fingerprint density at radius 3 is 2.67 bits per heavy atom. The molecule has 0 saturated carbocycles. The number of aryl methyl sites for hydroxylation is 1. The molecule has 0 atom stereocenters. The van der Waals surface area contributed by atoms with Gasteiger partial charge in [-0.15, -0.1) is 0 Å². The van der Waals surface area contributed by atoms with Crippen molar-refractivity contribution in [3.63, 3.8) is 0 Å². The van der Waals surface area contributed by atoms with Gasteiger partial charge in [0.05, 0.1) is 11.8 Å². The Morgan fingerprint density at radius 2 is 1.92 bits per heavy atom. The molecule has 36 heavy (non-hydrogen) atoms. The van der Waals surface area contributed by atoms with Crippen LogP contribution >= 0.6 is 0 Å². The molecule has 1 amide bonds. The second-order valence-corrected chi connectivity index (χ2v) is 7.82. The van der Waals surface area contributed by atoms with Gasteiger partial charge in [-0.3, -0.25) is 9.59 Å². The SMILES string of the molecule is CC(=O)OCc1ccc(NC(=O)c2ccc(C)c(C#Cc3cnc4cccnn34)c2)cc1C(F)(F)F. The number of imidazole rings is 1. The zero-order valence-electron chi connectivity index (χ0n) is 19.2. The summed E-state index contributed by atoms with van der Waals surface area (Å²) >= 11 is 0. The lowest BCUT2D eigenvalue weighted by Crippen LogP contribution is -2.15. The Labute approximate surface area is 203 Å². The molecule has 0 unspecified atom stereocenters. The summed E-state index contributed by atoms with van der Waals surface area (Å²) in [6, 6.07) is 11.7. The van der Waals surface area contributed by atoms with E-state index in [-0.39, 0.29) is 16.8 Å². The Balaban J connectivity index is 1.58. The number of aromatic nitrogens is 3. The third-order valence-corrected chi connectivity index (χ3v) is 5.21. The zero-order valence-corrected chi connectivity index (χ0v) is 19.2. The second kappa shape index (κ2) is 9.92. The molecule has 0 aliphatic heterocycles. The highest BCUT2D eigenvalue weighted by Gasteiger charge is 2.34. The zero-order chi connectivity index (χ0) is 25.9. The lowest BCUT2D eigenvalue weighted by molar-refractivity contribution is -0.145. The molecule has 0 bridgehead atoms. The van der Waals surface area contributed by atoms with E-state index < -0.39 is 30.2 Å². The van der Waals surface area contributed by atoms with Crippen LogP contribution in [0.1, 0.15) is 45.2 Å². The molecule has 0 aliphatic carbocycles. The van der Waals surface area contributed by atoms with Gasteiger partial charge >= 0.3 is 12.1 Å². The Hall–Kier alpha value is -4.65. The lowest BCUT2D eigenvalue weighted by Gasteiger charge is -2.15. The van der Waals surface area contributed by atoms with Gasteiger partial charge in [0, 0.05) is 35.5 Å². The van der Waals surface area contributed by atoms with E-state index in [1.165, 1.54) is 6.07 Å². The molecule has 0 spiro atoms. The summed E-state index contributed by atoms with van der Waals surface area (Å²) in [5.41, 5.74) is 1.54. The van der Waals surface area contributed by atoms with Gasteiger partial charge in [0.1, 0.15) is 12.3 Å². The largest absolute Gasteiger partial charge is 0.461 e. The van der Waals surface area contributed by atoms with Gasteiger partial charge in [-0.1, -0.05) is 18.1 Å². The number of halogens is 3. The van der Waals surface area contributed by atoms with Crippen LogP contribution in [0.4, 0.5) is 18.9 Å². The number of anilines is 1. The molecule has 7 nitrogen and oxygen atoms in total. The Kier molecular flexibility index (Phi) is 6.74. The van der Waals surface area contributed by atoms with E-state index in [1.54, 1.807) is 47.2 Å². The summed E-state index contributed by atoms with van der Waals surface area (Å²) in [4.78, 5) is 28.0. The van der Waals surface area contributed by atoms with Crippen molar-refractivity contribution in [1.82, 2.24) is 14.6 Å². The number of hydrogen-bond acceptors (Lipinski definition) is 5. The van der Waals surface area contributed by atoms with Crippen LogP contribution in [0.15, 0.2) is 60.9 Å². The van der Waals surface area contributed by atoms with Gasteiger partial charge in [0.25, 0.3) is 5.91 Å². The number of rotatable bonds is 4. The lowest BCUT2D eigenvalue weighted by atomic mass is 10.0. The van der Waals surface area contributed by atoms with Crippen molar-refractivity contribution in [3.8, 4) is 11.8 Å². The minimum atomic E-state index is -4.70. The van der Waals surface area contributed by atoms with Crippen LogP contribution in [0.3, 0.4) is 0 Å². The van der Waals surface area contributed by atoms with E-state index in [1.807, 2.05) is 6.92 Å². The molecule has 1 N–H and O–H groups in total. The van der Waals surface area contributed by atoms with Crippen LogP contribution in [0.2, 0.25) is 0 Å². The summed E-state index contributed by atoms with van der Waals surface area (Å²) in [5, 5.41) is 6.69. The summed E-state index contributed by atoms with van der Waals surface area (Å²) in [6.45, 7) is 2.41. The van der Waals surface area contributed by atoms with Crippen LogP contribution in [-0.2, 0) is 22.3 Å². The number of hydrogen-bond donors (Lipinski definition) is 1. The number of fused-ring (bicyclic) bond motifs is 1. The molecule has 2 heterocycles. The summed E-state index contributed by atoms with van der Waals surface area (Å²) < 4.78 is 46.9. The average molecular weight is 492 g/mol. The van der Waals surface area contributed by atoms with Crippen molar-refractivity contribution in [1.29, 1.82) is 0 Å². The number of amides is 1. The predicted octanol–water partition coefficient (Wildman–Crippen LogP) is 4.77. The maximum Gasteiger partial charge on any atom is 0.416 e. The van der Waals surface area contributed by atoms with E-state index in [9.17, 15) is 22.8 Å². The number of carbonyl (C=O) groups is 2. The van der Waals surface area contributed by atoms with Crippen LogP contribution in [-0.4, -0.2) is 26.5 Å². The standard InChI is InChI=1S/C26H19F3N4O3/c1-16-5-6-19(12-18(16)8-10-22-14-30-24-4-3-11-31-33(22)24)25(35)32-21-9-7-20(15-36-17(2)34)23(13-21)26(27,28)29/h3-7,9,11-14H,15H2,1-2H3,(H,32,35). The molecule has 2 aromatic carbocycles. The fourth-order valence-corrected chi connectivity index (χ4v) is 3.37. The molecule has 10 heteroatoms. The van der Waals surface area contributed by atoms with Gasteiger partial charge in [-0.25, -0.2) is 9.50 Å². The maximum atomic E-state index is 13.5. The van der Waals surface area contributed by atoms with Gasteiger partial charge in [-0.2, -0.15) is 18.3 Å². The molecular weight excluding hydrogens is 473 g/mol. The van der Waals surface area contributed by atoms with Crippen molar-refractivity contribution < 1.29 is 27.5 Å². The minimum Gasteiger partial charge on any atom is -0.461 e. The molecule has 0 saturated heterocycles. The smallest absolute Gasteiger partial charge is 0.416 e. The molecule has 4 aromatic rings. The van der Waals surface area contributed by atoms with Crippen molar-refractivity contribution in [2.24, 2.45) is 0 Å². The fraction of sp³-hybridized carbons (Fsp3) is 0.154. The maximum absolute atomic E-state index is 13.5. The Morgan fingerprint density at radius 1 is 1.11 bits per heavy atom. The van der Waals surface area contributed by atoms with E-state index in [2.05, 4.69) is 27.2 Å². The number of nitrogens with one attached hydrogen (secondary N) is 1. The average Bonchev–Trinajstić information content (AvgIpc) is 3.25. The first-order valence-corrected chi connectivity index (χ1v) is 10.7. The third kappa shape index (κ3) is 5.52. The minimum absolute atomic E-state index is 0.0519. The van der Waals surface area contributed by atoms with Gasteiger partial charge < -0.3 is 10.1 Å². The molecule has 4 rings (SSSR count). The Bertz CT molecular complexity index is 1530. The van der Waals surface area contributed by atoms with Crippen LogP contribution in [0, 0.1) is 18.8 Å². The summed E-state index contributed by atoms with van der Waals surface area (Å²) in [6.07, 6.45) is -1.50. The molecule has 0 radical (unpaired) electrons. The number of esters is 1. The van der Waals surface area contributed by atoms with E-state index in [0.29, 0.717) is 16.9 Å². The molecule has 2 aromatic heterocycles. The summed E-state index contributed by atoms with van der Waals surface area (Å²) in [7, 11) is 0. The molecule has 0 fully saturated rings. The highest BCUT2D eigenvalue weighted by molar-refractivity contribution is 6.04. The summed E-state index contributed by atoms with van der Waals surface area (Å²) in [5.74, 6) is 4.69. The van der Waals surface area contributed by atoms with Crippen LogP contribution in [0.5, 0.6) is 0 Å². The van der Waals surface area contributed by atoms with Gasteiger partial charge in [0.15, 0.2) is 5.65 Å². The highest BCUT2D eigenvalue weighted by Crippen LogP contribution is 2.34. The number of alkyl halides is 3. The topological polar surface area (TPSA) is 85.6 Å². The number of carbonyl (C=O) groups excluding carboxylic acids is 2. The van der Waals surface area contributed by atoms with Crippen molar-refractivity contribution >= 4 is 23.2 Å². The van der Waals surface area contributed by atoms with E-state index in [4.69, 9.17) is 4.74 Å². The van der Waals surface area contributed by atoms with E-state index in [0.717, 1.165) is 24.6 Å².